The number of carboxylic acid groups (broad SMARTS) is 1. The van der Waals surface area contributed by atoms with E-state index in [0.29, 0.717) is 22.8 Å². The van der Waals surface area contributed by atoms with E-state index < -0.39 is 16.0 Å². The van der Waals surface area contributed by atoms with Gasteiger partial charge in [0.05, 0.1) is 12.8 Å². The third kappa shape index (κ3) is 3.34. The predicted octanol–water partition coefficient (Wildman–Crippen LogP) is 2.56. The quantitative estimate of drug-likeness (QED) is 0.880. The molecular weight excluding hydrogens is 314 g/mol. The number of aryl methyl sites for hydroxylation is 1. The van der Waals surface area contributed by atoms with Gasteiger partial charge in [-0.2, -0.15) is 0 Å². The van der Waals surface area contributed by atoms with Crippen LogP contribution in [0, 0.1) is 6.92 Å². The van der Waals surface area contributed by atoms with Crippen LogP contribution in [0.4, 0.5) is 5.69 Å². The fourth-order valence-corrected chi connectivity index (χ4v) is 3.88. The lowest BCUT2D eigenvalue weighted by molar-refractivity contribution is 0.0702. The van der Waals surface area contributed by atoms with Gasteiger partial charge in [-0.05, 0) is 36.8 Å². The fraction of sp³-hybridized carbons (Fsp3) is 0.154. The van der Waals surface area contributed by atoms with Gasteiger partial charge in [0.15, 0.2) is 0 Å². The lowest BCUT2D eigenvalue weighted by Gasteiger charge is -2.11. The number of ether oxygens (including phenoxy) is 1. The molecule has 0 aliphatic rings. The topological polar surface area (TPSA) is 92.7 Å². The van der Waals surface area contributed by atoms with E-state index in [-0.39, 0.29) is 9.09 Å². The molecular formula is C13H13NO5S2. The second kappa shape index (κ2) is 5.74. The molecule has 2 N–H and O–H groups in total. The van der Waals surface area contributed by atoms with Gasteiger partial charge >= 0.3 is 5.97 Å². The highest BCUT2D eigenvalue weighted by molar-refractivity contribution is 7.94. The number of carboxylic acids is 1. The van der Waals surface area contributed by atoms with Gasteiger partial charge in [0.2, 0.25) is 0 Å². The Hall–Kier alpha value is -2.06. The highest BCUT2D eigenvalue weighted by Gasteiger charge is 2.20. The Balaban J connectivity index is 2.37. The number of carbonyl (C=O) groups is 1. The van der Waals surface area contributed by atoms with Crippen molar-refractivity contribution in [2.45, 2.75) is 11.1 Å². The minimum absolute atomic E-state index is 0.0356. The molecule has 0 saturated carbocycles. The molecule has 0 bridgehead atoms. The standard InChI is InChI=1S/C13H13NO5S2/c1-8-3-4-10(19-2)9(7-8)14-21(17,18)12-6-5-11(20-12)13(15)16/h3-7,14H,1-2H3,(H,15,16). The number of aromatic carboxylic acids is 1. The molecule has 0 fully saturated rings. The zero-order valence-electron chi connectivity index (χ0n) is 11.3. The van der Waals surface area contributed by atoms with Gasteiger partial charge in [0, 0.05) is 0 Å². The molecule has 0 amide bonds. The number of anilines is 1. The van der Waals surface area contributed by atoms with E-state index in [2.05, 4.69) is 4.72 Å². The van der Waals surface area contributed by atoms with Gasteiger partial charge in [0.25, 0.3) is 10.0 Å². The van der Waals surface area contributed by atoms with Gasteiger partial charge in [-0.25, -0.2) is 13.2 Å². The highest BCUT2D eigenvalue weighted by atomic mass is 32.2. The smallest absolute Gasteiger partial charge is 0.345 e. The Morgan fingerprint density at radius 2 is 2.00 bits per heavy atom. The minimum Gasteiger partial charge on any atom is -0.495 e. The molecule has 1 aromatic carbocycles. The third-order valence-electron chi connectivity index (χ3n) is 2.66. The van der Waals surface area contributed by atoms with Gasteiger partial charge in [-0.1, -0.05) is 6.07 Å². The number of nitrogens with one attached hydrogen (secondary N) is 1. The van der Waals surface area contributed by atoms with Crippen LogP contribution in [0.15, 0.2) is 34.5 Å². The SMILES string of the molecule is COc1ccc(C)cc1NS(=O)(=O)c1ccc(C(=O)O)s1. The summed E-state index contributed by atoms with van der Waals surface area (Å²) in [5.74, 6) is -0.770. The monoisotopic (exact) mass is 327 g/mol. The van der Waals surface area contributed by atoms with Crippen LogP contribution in [-0.4, -0.2) is 26.6 Å². The van der Waals surface area contributed by atoms with Crippen molar-refractivity contribution in [3.63, 3.8) is 0 Å². The van der Waals surface area contributed by atoms with E-state index >= 15 is 0 Å². The maximum Gasteiger partial charge on any atom is 0.345 e. The first-order valence-electron chi connectivity index (χ1n) is 5.84. The second-order valence-electron chi connectivity index (χ2n) is 4.23. The molecule has 0 spiro atoms. The molecule has 0 radical (unpaired) electrons. The summed E-state index contributed by atoms with van der Waals surface area (Å²) in [5.41, 5.74) is 1.17. The third-order valence-corrected chi connectivity index (χ3v) is 5.59. The summed E-state index contributed by atoms with van der Waals surface area (Å²) in [6.45, 7) is 1.82. The summed E-state index contributed by atoms with van der Waals surface area (Å²) in [6, 6.07) is 7.62. The van der Waals surface area contributed by atoms with E-state index in [0.717, 1.165) is 5.56 Å². The van der Waals surface area contributed by atoms with E-state index in [1.165, 1.54) is 19.2 Å². The number of sulfonamides is 1. The Bertz CT molecular complexity index is 780. The van der Waals surface area contributed by atoms with E-state index in [9.17, 15) is 13.2 Å². The van der Waals surface area contributed by atoms with Crippen LogP contribution < -0.4 is 9.46 Å². The molecule has 0 aliphatic carbocycles. The van der Waals surface area contributed by atoms with Gasteiger partial charge in [-0.3, -0.25) is 4.72 Å². The fourth-order valence-electron chi connectivity index (χ4n) is 1.68. The zero-order valence-corrected chi connectivity index (χ0v) is 12.9. The summed E-state index contributed by atoms with van der Waals surface area (Å²) in [5, 5.41) is 8.85. The average Bonchev–Trinajstić information content (AvgIpc) is 2.89. The normalized spacial score (nSPS) is 11.1. The van der Waals surface area contributed by atoms with E-state index in [4.69, 9.17) is 9.84 Å². The Labute approximate surface area is 126 Å². The van der Waals surface area contributed by atoms with Crippen molar-refractivity contribution in [3.05, 3.63) is 40.8 Å². The Morgan fingerprint density at radius 3 is 2.57 bits per heavy atom. The van der Waals surface area contributed by atoms with E-state index in [1.54, 1.807) is 18.2 Å². The molecule has 6 nitrogen and oxygen atoms in total. The van der Waals surface area contributed by atoms with Crippen LogP contribution in [0.2, 0.25) is 0 Å². The average molecular weight is 327 g/mol. The van der Waals surface area contributed by atoms with Crippen molar-refractivity contribution in [3.8, 4) is 5.75 Å². The summed E-state index contributed by atoms with van der Waals surface area (Å²) in [4.78, 5) is 10.8. The van der Waals surface area contributed by atoms with Crippen LogP contribution >= 0.6 is 11.3 Å². The van der Waals surface area contributed by atoms with Crippen molar-refractivity contribution < 1.29 is 23.1 Å². The van der Waals surface area contributed by atoms with Crippen LogP contribution in [0.1, 0.15) is 15.2 Å². The molecule has 21 heavy (non-hydrogen) atoms. The number of benzene rings is 1. The Kier molecular flexibility index (Phi) is 4.19. The van der Waals surface area contributed by atoms with E-state index in [1.807, 2.05) is 6.92 Å². The number of hydrogen-bond donors (Lipinski definition) is 2. The lowest BCUT2D eigenvalue weighted by atomic mass is 10.2. The first kappa shape index (κ1) is 15.3. The summed E-state index contributed by atoms with van der Waals surface area (Å²) in [7, 11) is -2.41. The zero-order chi connectivity index (χ0) is 15.6. The number of rotatable bonds is 5. The molecule has 8 heteroatoms. The summed E-state index contributed by atoms with van der Waals surface area (Å²) < 4.78 is 32.0. The number of thiophene rings is 1. The number of methoxy groups -OCH3 is 1. The predicted molar refractivity (Wildman–Crippen MR) is 79.8 cm³/mol. The molecule has 2 aromatic rings. The van der Waals surface area contributed by atoms with Crippen molar-refractivity contribution in [1.82, 2.24) is 0 Å². The maximum atomic E-state index is 12.3. The molecule has 0 saturated heterocycles. The van der Waals surface area contributed by atoms with Crippen molar-refractivity contribution in [2.24, 2.45) is 0 Å². The lowest BCUT2D eigenvalue weighted by Crippen LogP contribution is -2.12. The second-order valence-corrected chi connectivity index (χ2v) is 7.23. The largest absolute Gasteiger partial charge is 0.495 e. The number of hydrogen-bond acceptors (Lipinski definition) is 5. The van der Waals surface area contributed by atoms with Crippen LogP contribution in [0.5, 0.6) is 5.75 Å². The Morgan fingerprint density at radius 1 is 1.29 bits per heavy atom. The molecule has 1 aromatic heterocycles. The minimum atomic E-state index is -3.85. The molecule has 2 rings (SSSR count). The molecule has 112 valence electrons. The molecule has 1 heterocycles. The van der Waals surface area contributed by atoms with Crippen molar-refractivity contribution >= 4 is 33.0 Å². The van der Waals surface area contributed by atoms with Crippen molar-refractivity contribution in [2.75, 3.05) is 11.8 Å². The van der Waals surface area contributed by atoms with Crippen LogP contribution in [0.3, 0.4) is 0 Å². The first-order chi connectivity index (χ1) is 9.83. The first-order valence-corrected chi connectivity index (χ1v) is 8.14. The highest BCUT2D eigenvalue weighted by Crippen LogP contribution is 2.29. The molecule has 0 aliphatic heterocycles. The maximum absolute atomic E-state index is 12.3. The van der Waals surface area contributed by atoms with Crippen molar-refractivity contribution in [1.29, 1.82) is 0 Å². The van der Waals surface area contributed by atoms with Gasteiger partial charge in [-0.15, -0.1) is 11.3 Å². The van der Waals surface area contributed by atoms with Gasteiger partial charge in [0.1, 0.15) is 14.8 Å². The summed E-state index contributed by atoms with van der Waals surface area (Å²) >= 11 is 0.694. The van der Waals surface area contributed by atoms with Gasteiger partial charge < -0.3 is 9.84 Å². The molecule has 0 unspecified atom stereocenters. The summed E-state index contributed by atoms with van der Waals surface area (Å²) in [6.07, 6.45) is 0. The van der Waals surface area contributed by atoms with Crippen LogP contribution in [-0.2, 0) is 10.0 Å². The molecule has 0 atom stereocenters. The van der Waals surface area contributed by atoms with Crippen LogP contribution in [0.25, 0.3) is 0 Å².